The maximum absolute atomic E-state index is 12.5. The summed E-state index contributed by atoms with van der Waals surface area (Å²) < 4.78 is 33.2. The Labute approximate surface area is 311 Å². The van der Waals surface area contributed by atoms with Gasteiger partial charge in [0.05, 0.1) is 19.8 Å². The Morgan fingerprint density at radius 1 is 0.627 bits per heavy atom. The third-order valence-electron chi connectivity index (χ3n) is 8.73. The number of phosphoric ester groups is 1. The normalized spacial score (nSPS) is 14.3. The van der Waals surface area contributed by atoms with Gasteiger partial charge >= 0.3 is 19.8 Å². The maximum Gasteiger partial charge on any atom is 0.472 e. The number of nitrogens with two attached hydrogens (primary N) is 1. The van der Waals surface area contributed by atoms with Gasteiger partial charge in [-0.05, 0) is 44.9 Å². The van der Waals surface area contributed by atoms with E-state index in [1.165, 1.54) is 109 Å². The lowest BCUT2D eigenvalue weighted by Gasteiger charge is -2.20. The van der Waals surface area contributed by atoms with Crippen LogP contribution in [0.4, 0.5) is 0 Å². The number of aliphatic carboxylic acids is 1. The topological polar surface area (TPSA) is 155 Å². The zero-order chi connectivity index (χ0) is 37.7. The highest BCUT2D eigenvalue weighted by Crippen LogP contribution is 2.43. The molecule has 0 aliphatic rings. The van der Waals surface area contributed by atoms with Crippen LogP contribution in [0.5, 0.6) is 0 Å². The Morgan fingerprint density at radius 2 is 1.08 bits per heavy atom. The van der Waals surface area contributed by atoms with Crippen molar-refractivity contribution in [2.75, 3.05) is 26.4 Å². The Balaban J connectivity index is 4.20. The zero-order valence-electron chi connectivity index (χ0n) is 32.5. The molecule has 0 aromatic heterocycles. The van der Waals surface area contributed by atoms with Crippen molar-refractivity contribution >= 4 is 19.8 Å². The van der Waals surface area contributed by atoms with Gasteiger partial charge in [-0.2, -0.15) is 0 Å². The molecule has 3 atom stereocenters. The molecule has 0 amide bonds. The van der Waals surface area contributed by atoms with Crippen molar-refractivity contribution in [1.29, 1.82) is 0 Å². The average Bonchev–Trinajstić information content (AvgIpc) is 3.10. The molecule has 0 aliphatic heterocycles. The second kappa shape index (κ2) is 36.8. The number of carboxylic acids is 1. The molecule has 11 heteroatoms. The average molecular weight is 746 g/mol. The van der Waals surface area contributed by atoms with Crippen LogP contribution in [-0.2, 0) is 32.7 Å². The Hall–Kier alpha value is -1.55. The van der Waals surface area contributed by atoms with Gasteiger partial charge in [0, 0.05) is 13.0 Å². The fraction of sp³-hybridized carbons (Fsp3) is 0.850. The predicted octanol–water partition coefficient (Wildman–Crippen LogP) is 10.8. The molecule has 0 aromatic rings. The maximum atomic E-state index is 12.5. The number of carbonyl (C=O) groups is 2. The van der Waals surface area contributed by atoms with Crippen molar-refractivity contribution in [3.05, 3.63) is 24.3 Å². The van der Waals surface area contributed by atoms with Crippen LogP contribution in [0.3, 0.4) is 0 Å². The van der Waals surface area contributed by atoms with Crippen LogP contribution < -0.4 is 5.73 Å². The first-order chi connectivity index (χ1) is 24.7. The van der Waals surface area contributed by atoms with Gasteiger partial charge in [-0.3, -0.25) is 18.6 Å². The van der Waals surface area contributed by atoms with E-state index in [9.17, 15) is 19.0 Å². The fourth-order valence-electron chi connectivity index (χ4n) is 5.52. The van der Waals surface area contributed by atoms with Crippen molar-refractivity contribution in [1.82, 2.24) is 0 Å². The van der Waals surface area contributed by atoms with E-state index in [-0.39, 0.29) is 13.0 Å². The van der Waals surface area contributed by atoms with Crippen LogP contribution in [0.25, 0.3) is 0 Å². The Morgan fingerprint density at radius 3 is 1.61 bits per heavy atom. The zero-order valence-corrected chi connectivity index (χ0v) is 33.3. The summed E-state index contributed by atoms with van der Waals surface area (Å²) >= 11 is 0. The molecule has 0 saturated heterocycles. The molecule has 0 aromatic carbocycles. The molecular formula is C40H76NO9P. The first kappa shape index (κ1) is 49.5. The van der Waals surface area contributed by atoms with Gasteiger partial charge in [-0.15, -0.1) is 0 Å². The van der Waals surface area contributed by atoms with Crippen molar-refractivity contribution < 1.29 is 42.7 Å². The molecule has 10 nitrogen and oxygen atoms in total. The highest BCUT2D eigenvalue weighted by atomic mass is 31.2. The lowest BCUT2D eigenvalue weighted by Crippen LogP contribution is -2.34. The van der Waals surface area contributed by atoms with Crippen LogP contribution in [0, 0.1) is 0 Å². The molecule has 0 rings (SSSR count). The van der Waals surface area contributed by atoms with E-state index < -0.39 is 45.1 Å². The molecule has 0 fully saturated rings. The van der Waals surface area contributed by atoms with Crippen molar-refractivity contribution in [3.8, 4) is 0 Å². The van der Waals surface area contributed by atoms with Gasteiger partial charge in [0.25, 0.3) is 0 Å². The molecule has 4 N–H and O–H groups in total. The predicted molar refractivity (Wildman–Crippen MR) is 208 cm³/mol. The first-order valence-corrected chi connectivity index (χ1v) is 21.9. The van der Waals surface area contributed by atoms with Crippen LogP contribution in [0.1, 0.15) is 181 Å². The molecule has 0 spiro atoms. The molecule has 0 saturated carbocycles. The van der Waals surface area contributed by atoms with Gasteiger partial charge in [0.2, 0.25) is 0 Å². The molecule has 0 heterocycles. The van der Waals surface area contributed by atoms with Gasteiger partial charge in [0.15, 0.2) is 0 Å². The highest BCUT2D eigenvalue weighted by Gasteiger charge is 2.27. The number of hydrogen-bond donors (Lipinski definition) is 3. The second-order valence-corrected chi connectivity index (χ2v) is 15.2. The van der Waals surface area contributed by atoms with E-state index in [1.807, 2.05) is 0 Å². The van der Waals surface area contributed by atoms with E-state index in [0.29, 0.717) is 13.0 Å². The Kier molecular flexibility index (Phi) is 35.7. The molecule has 0 bridgehead atoms. The van der Waals surface area contributed by atoms with Crippen molar-refractivity contribution in [3.63, 3.8) is 0 Å². The third kappa shape index (κ3) is 36.6. The van der Waals surface area contributed by atoms with E-state index in [1.54, 1.807) is 0 Å². The summed E-state index contributed by atoms with van der Waals surface area (Å²) in [5.74, 6) is -1.78. The minimum atomic E-state index is -4.61. The minimum Gasteiger partial charge on any atom is -0.480 e. The lowest BCUT2D eigenvalue weighted by molar-refractivity contribution is -0.154. The lowest BCUT2D eigenvalue weighted by atomic mass is 10.1. The molecule has 0 aliphatic carbocycles. The van der Waals surface area contributed by atoms with Crippen LogP contribution in [0.15, 0.2) is 24.3 Å². The number of rotatable bonds is 39. The van der Waals surface area contributed by atoms with Crippen LogP contribution in [0.2, 0.25) is 0 Å². The van der Waals surface area contributed by atoms with E-state index in [2.05, 4.69) is 38.2 Å². The number of ether oxygens (including phenoxy) is 2. The van der Waals surface area contributed by atoms with Crippen LogP contribution >= 0.6 is 7.82 Å². The number of carboxylic acid groups (broad SMARTS) is 1. The van der Waals surface area contributed by atoms with Crippen molar-refractivity contribution in [2.24, 2.45) is 5.73 Å². The standard InChI is InChI=1S/C40H76NO9P/c1-3-5-7-9-11-13-15-16-17-18-19-20-21-22-23-25-27-29-31-33-47-34-37(35-48-51(45,46)49-36-38(41)40(43)44)50-39(42)32-30-28-26-24-14-12-10-8-6-4-2/h13,15,17-18,37-38H,3-12,14,16,19-36,41H2,1-2H3,(H,43,44)(H,45,46)/b15-13-,18-17-. The third-order valence-corrected chi connectivity index (χ3v) is 9.68. The molecule has 0 radical (unpaired) electrons. The number of unbranched alkanes of at least 4 members (excludes halogenated alkanes) is 21. The minimum absolute atomic E-state index is 0.0161. The van der Waals surface area contributed by atoms with Gasteiger partial charge in [-0.25, -0.2) is 4.57 Å². The number of hydrogen-bond acceptors (Lipinski definition) is 8. The van der Waals surface area contributed by atoms with Gasteiger partial charge < -0.3 is 25.2 Å². The molecule has 3 unspecified atom stereocenters. The molecular weight excluding hydrogens is 669 g/mol. The first-order valence-electron chi connectivity index (χ1n) is 20.4. The fourth-order valence-corrected chi connectivity index (χ4v) is 6.29. The summed E-state index contributed by atoms with van der Waals surface area (Å²) in [6.45, 7) is 3.84. The van der Waals surface area contributed by atoms with Crippen LogP contribution in [-0.4, -0.2) is 60.5 Å². The number of phosphoric acid groups is 1. The summed E-state index contributed by atoms with van der Waals surface area (Å²) in [5, 5.41) is 8.87. The number of allylic oxidation sites excluding steroid dienone is 4. The second-order valence-electron chi connectivity index (χ2n) is 13.8. The number of esters is 1. The molecule has 300 valence electrons. The molecule has 51 heavy (non-hydrogen) atoms. The van der Waals surface area contributed by atoms with Gasteiger partial charge in [0.1, 0.15) is 12.1 Å². The van der Waals surface area contributed by atoms with E-state index in [0.717, 1.165) is 44.9 Å². The summed E-state index contributed by atoms with van der Waals surface area (Å²) in [4.78, 5) is 33.4. The van der Waals surface area contributed by atoms with E-state index >= 15 is 0 Å². The van der Waals surface area contributed by atoms with Gasteiger partial charge in [-0.1, -0.05) is 154 Å². The van der Waals surface area contributed by atoms with Crippen molar-refractivity contribution in [2.45, 2.75) is 193 Å². The highest BCUT2D eigenvalue weighted by molar-refractivity contribution is 7.47. The Bertz CT molecular complexity index is 914. The quantitative estimate of drug-likeness (QED) is 0.0240. The SMILES string of the molecule is CCCCCC/C=C\C/C=C\CCCCCCCCCCOCC(COP(=O)(O)OCC(N)C(=O)O)OC(=O)CCCCCCCCCCCC. The smallest absolute Gasteiger partial charge is 0.472 e. The summed E-state index contributed by atoms with van der Waals surface area (Å²) in [7, 11) is -4.61. The van der Waals surface area contributed by atoms with E-state index in [4.69, 9.17) is 29.4 Å². The monoisotopic (exact) mass is 746 g/mol. The summed E-state index contributed by atoms with van der Waals surface area (Å²) in [6, 6.07) is -1.47. The summed E-state index contributed by atoms with van der Waals surface area (Å²) in [5.41, 5.74) is 5.34. The number of carbonyl (C=O) groups excluding carboxylic acids is 1. The summed E-state index contributed by atoms with van der Waals surface area (Å²) in [6.07, 6.45) is 38.0. The largest absolute Gasteiger partial charge is 0.480 e.